The number of carbonyl (C=O) groups excluding carboxylic acids is 1. The molecule has 1 aliphatic heterocycles. The van der Waals surface area contributed by atoms with Gasteiger partial charge in [0, 0.05) is 13.1 Å². The summed E-state index contributed by atoms with van der Waals surface area (Å²) in [5, 5.41) is 0. The normalized spacial score (nSPS) is 21.9. The molecule has 0 bridgehead atoms. The molecule has 1 atom stereocenters. The van der Waals surface area contributed by atoms with Crippen molar-refractivity contribution in [1.82, 2.24) is 4.90 Å². The average molecular weight is 228 g/mol. The fraction of sp³-hybridized carbons (Fsp3) is 0.917. The third kappa shape index (κ3) is 2.95. The van der Waals surface area contributed by atoms with Gasteiger partial charge in [-0.15, -0.1) is 0 Å². The molecule has 0 aromatic rings. The van der Waals surface area contributed by atoms with Crippen molar-refractivity contribution >= 4 is 5.91 Å². The summed E-state index contributed by atoms with van der Waals surface area (Å²) in [5.74, 6) is 0.167. The molecule has 1 unspecified atom stereocenters. The first-order valence-corrected chi connectivity index (χ1v) is 6.12. The Morgan fingerprint density at radius 2 is 2.25 bits per heavy atom. The van der Waals surface area contributed by atoms with Gasteiger partial charge in [0.2, 0.25) is 5.91 Å². The molecule has 0 aliphatic carbocycles. The monoisotopic (exact) mass is 228 g/mol. The van der Waals surface area contributed by atoms with Gasteiger partial charge in [0.05, 0.1) is 24.7 Å². The largest absolute Gasteiger partial charge is 0.377 e. The zero-order chi connectivity index (χ0) is 12.2. The molecule has 1 aliphatic rings. The Kier molecular flexibility index (Phi) is 4.74. The van der Waals surface area contributed by atoms with Crippen molar-refractivity contribution in [1.29, 1.82) is 0 Å². The molecule has 16 heavy (non-hydrogen) atoms. The highest BCUT2D eigenvalue weighted by atomic mass is 16.5. The van der Waals surface area contributed by atoms with Gasteiger partial charge in [0.1, 0.15) is 0 Å². The number of morpholine rings is 1. The van der Waals surface area contributed by atoms with E-state index in [4.69, 9.17) is 10.5 Å². The van der Waals surface area contributed by atoms with Gasteiger partial charge in [-0.05, 0) is 20.3 Å². The van der Waals surface area contributed by atoms with Crippen molar-refractivity contribution in [2.75, 3.05) is 26.3 Å². The number of ether oxygens (including phenoxy) is 1. The van der Waals surface area contributed by atoms with Crippen LogP contribution in [0.5, 0.6) is 0 Å². The van der Waals surface area contributed by atoms with E-state index in [2.05, 4.69) is 6.92 Å². The minimum atomic E-state index is -0.198. The summed E-state index contributed by atoms with van der Waals surface area (Å²) in [6, 6.07) is 0. The molecule has 1 rings (SSSR count). The van der Waals surface area contributed by atoms with E-state index >= 15 is 0 Å². The lowest BCUT2D eigenvalue weighted by molar-refractivity contribution is -0.150. The molecule has 0 aromatic carbocycles. The Morgan fingerprint density at radius 1 is 1.56 bits per heavy atom. The van der Waals surface area contributed by atoms with E-state index in [1.807, 2.05) is 18.7 Å². The number of hydrogen-bond acceptors (Lipinski definition) is 3. The second-order valence-corrected chi connectivity index (χ2v) is 5.08. The van der Waals surface area contributed by atoms with Crippen LogP contribution in [-0.4, -0.2) is 42.6 Å². The minimum absolute atomic E-state index is 0.0256. The minimum Gasteiger partial charge on any atom is -0.377 e. The van der Waals surface area contributed by atoms with Crippen LogP contribution >= 0.6 is 0 Å². The number of hydrogen-bond donors (Lipinski definition) is 1. The lowest BCUT2D eigenvalue weighted by atomic mass is 9.96. The molecule has 1 saturated heterocycles. The third-order valence-corrected chi connectivity index (χ3v) is 3.18. The van der Waals surface area contributed by atoms with Gasteiger partial charge in [-0.2, -0.15) is 0 Å². The maximum absolute atomic E-state index is 12.3. The first-order chi connectivity index (χ1) is 7.53. The maximum atomic E-state index is 12.3. The number of nitrogens with two attached hydrogens (primary N) is 1. The molecule has 4 heteroatoms. The van der Waals surface area contributed by atoms with Crippen LogP contribution in [0.2, 0.25) is 0 Å². The van der Waals surface area contributed by atoms with Gasteiger partial charge in [-0.3, -0.25) is 4.79 Å². The zero-order valence-corrected chi connectivity index (χ0v) is 10.7. The Balaban J connectivity index is 2.70. The van der Waals surface area contributed by atoms with Gasteiger partial charge in [0.25, 0.3) is 0 Å². The van der Waals surface area contributed by atoms with Crippen LogP contribution < -0.4 is 5.73 Å². The molecule has 1 fully saturated rings. The Morgan fingerprint density at radius 3 is 2.75 bits per heavy atom. The zero-order valence-electron chi connectivity index (χ0n) is 10.7. The predicted octanol–water partition coefficient (Wildman–Crippen LogP) is 0.999. The molecule has 1 heterocycles. The van der Waals surface area contributed by atoms with E-state index in [-0.39, 0.29) is 17.4 Å². The standard InChI is InChI=1S/C12H24N2O2/c1-4-5-10(8-13)11(15)14-6-7-16-9-12(14,2)3/h10H,4-9,13H2,1-3H3. The molecule has 94 valence electrons. The molecular weight excluding hydrogens is 204 g/mol. The van der Waals surface area contributed by atoms with Gasteiger partial charge >= 0.3 is 0 Å². The van der Waals surface area contributed by atoms with E-state index in [0.29, 0.717) is 26.3 Å². The Labute approximate surface area is 98.1 Å². The summed E-state index contributed by atoms with van der Waals surface area (Å²) in [5.41, 5.74) is 5.48. The molecule has 2 N–H and O–H groups in total. The lowest BCUT2D eigenvalue weighted by Crippen LogP contribution is -2.57. The molecule has 4 nitrogen and oxygen atoms in total. The lowest BCUT2D eigenvalue weighted by Gasteiger charge is -2.43. The van der Waals surface area contributed by atoms with E-state index in [0.717, 1.165) is 12.8 Å². The second kappa shape index (κ2) is 5.64. The third-order valence-electron chi connectivity index (χ3n) is 3.18. The average Bonchev–Trinajstić information content (AvgIpc) is 2.24. The smallest absolute Gasteiger partial charge is 0.227 e. The van der Waals surface area contributed by atoms with Gasteiger partial charge in [0.15, 0.2) is 0 Å². The first kappa shape index (κ1) is 13.5. The summed E-state index contributed by atoms with van der Waals surface area (Å²) >= 11 is 0. The molecule has 1 amide bonds. The van der Waals surface area contributed by atoms with Crippen LogP contribution in [0.25, 0.3) is 0 Å². The van der Waals surface area contributed by atoms with E-state index < -0.39 is 0 Å². The van der Waals surface area contributed by atoms with Crippen molar-refractivity contribution in [2.45, 2.75) is 39.2 Å². The summed E-state index contributed by atoms with van der Waals surface area (Å²) in [7, 11) is 0. The molecule has 0 saturated carbocycles. The van der Waals surface area contributed by atoms with Gasteiger partial charge < -0.3 is 15.4 Å². The highest BCUT2D eigenvalue weighted by molar-refractivity contribution is 5.80. The summed E-state index contributed by atoms with van der Waals surface area (Å²) < 4.78 is 5.41. The number of amides is 1. The fourth-order valence-electron chi connectivity index (χ4n) is 2.18. The van der Waals surface area contributed by atoms with Crippen molar-refractivity contribution in [3.8, 4) is 0 Å². The van der Waals surface area contributed by atoms with Gasteiger partial charge in [-0.25, -0.2) is 0 Å². The Hall–Kier alpha value is -0.610. The first-order valence-electron chi connectivity index (χ1n) is 6.12. The fourth-order valence-corrected chi connectivity index (χ4v) is 2.18. The Bertz CT molecular complexity index is 241. The highest BCUT2D eigenvalue weighted by Gasteiger charge is 2.36. The number of carbonyl (C=O) groups is 1. The summed E-state index contributed by atoms with van der Waals surface area (Å²) in [6.45, 7) is 8.56. The van der Waals surface area contributed by atoms with Crippen LogP contribution in [0, 0.1) is 5.92 Å². The quantitative estimate of drug-likeness (QED) is 0.781. The SMILES string of the molecule is CCCC(CN)C(=O)N1CCOCC1(C)C. The van der Waals surface area contributed by atoms with Crippen LogP contribution in [0.1, 0.15) is 33.6 Å². The predicted molar refractivity (Wildman–Crippen MR) is 64.1 cm³/mol. The second-order valence-electron chi connectivity index (χ2n) is 5.08. The molecular formula is C12H24N2O2. The van der Waals surface area contributed by atoms with Crippen LogP contribution in [-0.2, 0) is 9.53 Å². The molecule has 0 aromatic heterocycles. The van der Waals surface area contributed by atoms with E-state index in [1.54, 1.807) is 0 Å². The van der Waals surface area contributed by atoms with E-state index in [9.17, 15) is 4.79 Å². The highest BCUT2D eigenvalue weighted by Crippen LogP contribution is 2.22. The van der Waals surface area contributed by atoms with Crippen molar-refractivity contribution in [2.24, 2.45) is 11.7 Å². The van der Waals surface area contributed by atoms with Crippen molar-refractivity contribution in [3.63, 3.8) is 0 Å². The van der Waals surface area contributed by atoms with Crippen LogP contribution in [0.3, 0.4) is 0 Å². The van der Waals surface area contributed by atoms with Crippen molar-refractivity contribution < 1.29 is 9.53 Å². The summed E-state index contributed by atoms with van der Waals surface area (Å²) in [6.07, 6.45) is 1.88. The summed E-state index contributed by atoms with van der Waals surface area (Å²) in [4.78, 5) is 14.3. The van der Waals surface area contributed by atoms with Gasteiger partial charge in [-0.1, -0.05) is 13.3 Å². The maximum Gasteiger partial charge on any atom is 0.227 e. The number of nitrogens with zero attached hydrogens (tertiary/aromatic N) is 1. The number of rotatable bonds is 4. The molecule has 0 spiro atoms. The topological polar surface area (TPSA) is 55.6 Å². The van der Waals surface area contributed by atoms with Crippen LogP contribution in [0.15, 0.2) is 0 Å². The van der Waals surface area contributed by atoms with E-state index in [1.165, 1.54) is 0 Å². The van der Waals surface area contributed by atoms with Crippen LogP contribution in [0.4, 0.5) is 0 Å². The molecule has 0 radical (unpaired) electrons. The van der Waals surface area contributed by atoms with Crippen molar-refractivity contribution in [3.05, 3.63) is 0 Å².